The lowest BCUT2D eigenvalue weighted by Gasteiger charge is -2.23. The van der Waals surface area contributed by atoms with Gasteiger partial charge in [-0.2, -0.15) is 0 Å². The van der Waals surface area contributed by atoms with E-state index in [0.29, 0.717) is 6.61 Å². The zero-order valence-corrected chi connectivity index (χ0v) is 14.1. The number of ether oxygens (including phenoxy) is 1. The standard InChI is InChI=1S/C18H24N4O2/c1-15(18(23)21-11-7-2-3-8-12-21)22-13-16(19-20-22)14-24-17-9-5-4-6-10-17/h4-6,9-10,13,15H,2-3,7-8,11-12,14H2,1H3/t15-/m1/s1. The van der Waals surface area contributed by atoms with E-state index in [4.69, 9.17) is 4.74 Å². The minimum absolute atomic E-state index is 0.123. The van der Waals surface area contributed by atoms with Crippen molar-refractivity contribution in [1.82, 2.24) is 19.9 Å². The third-order valence-corrected chi connectivity index (χ3v) is 4.36. The fourth-order valence-electron chi connectivity index (χ4n) is 2.91. The van der Waals surface area contributed by atoms with Crippen LogP contribution in [-0.2, 0) is 11.4 Å². The molecule has 0 bridgehead atoms. The Morgan fingerprint density at radius 2 is 1.88 bits per heavy atom. The van der Waals surface area contributed by atoms with Crippen molar-refractivity contribution < 1.29 is 9.53 Å². The van der Waals surface area contributed by atoms with Gasteiger partial charge in [-0.3, -0.25) is 4.79 Å². The smallest absolute Gasteiger partial charge is 0.247 e. The first-order chi connectivity index (χ1) is 11.7. The van der Waals surface area contributed by atoms with Crippen molar-refractivity contribution in [3.05, 3.63) is 42.2 Å². The molecule has 1 fully saturated rings. The first-order valence-electron chi connectivity index (χ1n) is 8.61. The molecule has 0 unspecified atom stereocenters. The van der Waals surface area contributed by atoms with Gasteiger partial charge in [0.15, 0.2) is 0 Å². The monoisotopic (exact) mass is 328 g/mol. The summed E-state index contributed by atoms with van der Waals surface area (Å²) in [6.45, 7) is 3.92. The molecule has 1 aliphatic rings. The van der Waals surface area contributed by atoms with Crippen LogP contribution in [0.15, 0.2) is 36.5 Å². The highest BCUT2D eigenvalue weighted by Crippen LogP contribution is 2.16. The van der Waals surface area contributed by atoms with Crippen molar-refractivity contribution in [3.63, 3.8) is 0 Å². The average Bonchev–Trinajstić information content (AvgIpc) is 2.93. The quantitative estimate of drug-likeness (QED) is 0.847. The number of benzene rings is 1. The van der Waals surface area contributed by atoms with E-state index in [1.807, 2.05) is 42.2 Å². The van der Waals surface area contributed by atoms with Crippen LogP contribution in [0.2, 0.25) is 0 Å². The van der Waals surface area contributed by atoms with Gasteiger partial charge in [-0.25, -0.2) is 4.68 Å². The van der Waals surface area contributed by atoms with Gasteiger partial charge in [0, 0.05) is 13.1 Å². The van der Waals surface area contributed by atoms with Gasteiger partial charge >= 0.3 is 0 Å². The second-order valence-corrected chi connectivity index (χ2v) is 6.21. The minimum Gasteiger partial charge on any atom is -0.487 e. The van der Waals surface area contributed by atoms with Crippen LogP contribution in [0, 0.1) is 0 Å². The molecule has 1 aromatic carbocycles. The molecule has 1 atom stereocenters. The first kappa shape index (κ1) is 16.5. The first-order valence-corrected chi connectivity index (χ1v) is 8.61. The number of aromatic nitrogens is 3. The summed E-state index contributed by atoms with van der Waals surface area (Å²) in [5, 5.41) is 8.22. The molecule has 0 saturated carbocycles. The largest absolute Gasteiger partial charge is 0.487 e. The number of likely N-dealkylation sites (tertiary alicyclic amines) is 1. The number of carbonyl (C=O) groups is 1. The van der Waals surface area contributed by atoms with E-state index >= 15 is 0 Å². The summed E-state index contributed by atoms with van der Waals surface area (Å²) < 4.78 is 7.30. The fraction of sp³-hybridized carbons (Fsp3) is 0.500. The normalized spacial score (nSPS) is 16.5. The van der Waals surface area contributed by atoms with Crippen molar-refractivity contribution in [2.45, 2.75) is 45.3 Å². The van der Waals surface area contributed by atoms with Gasteiger partial charge in [-0.05, 0) is 31.9 Å². The number of carbonyl (C=O) groups excluding carboxylic acids is 1. The fourth-order valence-corrected chi connectivity index (χ4v) is 2.91. The summed E-state index contributed by atoms with van der Waals surface area (Å²) >= 11 is 0. The van der Waals surface area contributed by atoms with Crippen LogP contribution in [0.1, 0.15) is 44.3 Å². The minimum atomic E-state index is -0.332. The van der Waals surface area contributed by atoms with Crippen molar-refractivity contribution in [2.75, 3.05) is 13.1 Å². The van der Waals surface area contributed by atoms with Crippen molar-refractivity contribution in [3.8, 4) is 5.75 Å². The van der Waals surface area contributed by atoms with Gasteiger partial charge in [-0.15, -0.1) is 5.10 Å². The molecule has 0 spiro atoms. The number of hydrogen-bond donors (Lipinski definition) is 0. The Hall–Kier alpha value is -2.37. The summed E-state index contributed by atoms with van der Waals surface area (Å²) in [7, 11) is 0. The predicted octanol–water partition coefficient (Wildman–Crippen LogP) is 2.82. The highest BCUT2D eigenvalue weighted by Gasteiger charge is 2.23. The Morgan fingerprint density at radius 1 is 1.17 bits per heavy atom. The highest BCUT2D eigenvalue weighted by atomic mass is 16.5. The molecular weight excluding hydrogens is 304 g/mol. The number of hydrogen-bond acceptors (Lipinski definition) is 4. The zero-order valence-electron chi connectivity index (χ0n) is 14.1. The van der Waals surface area contributed by atoms with Crippen molar-refractivity contribution in [1.29, 1.82) is 0 Å². The topological polar surface area (TPSA) is 60.2 Å². The molecule has 1 aliphatic heterocycles. The van der Waals surface area contributed by atoms with Gasteiger partial charge < -0.3 is 9.64 Å². The second-order valence-electron chi connectivity index (χ2n) is 6.21. The molecule has 0 aliphatic carbocycles. The summed E-state index contributed by atoms with van der Waals surface area (Å²) in [6.07, 6.45) is 6.40. The maximum atomic E-state index is 12.6. The molecule has 2 aromatic rings. The van der Waals surface area contributed by atoms with Gasteiger partial charge in [0.25, 0.3) is 0 Å². The molecule has 0 N–H and O–H groups in total. The Labute approximate surface area is 142 Å². The molecule has 0 radical (unpaired) electrons. The Morgan fingerprint density at radius 3 is 2.58 bits per heavy atom. The summed E-state index contributed by atoms with van der Waals surface area (Å²) in [5.74, 6) is 0.915. The lowest BCUT2D eigenvalue weighted by Crippen LogP contribution is -2.37. The van der Waals surface area contributed by atoms with Gasteiger partial charge in [0.05, 0.1) is 6.20 Å². The van der Waals surface area contributed by atoms with E-state index in [9.17, 15) is 4.79 Å². The molecular formula is C18H24N4O2. The molecule has 24 heavy (non-hydrogen) atoms. The van der Waals surface area contributed by atoms with E-state index in [-0.39, 0.29) is 11.9 Å². The lowest BCUT2D eigenvalue weighted by molar-refractivity contribution is -0.134. The van der Waals surface area contributed by atoms with Crippen LogP contribution in [0.25, 0.3) is 0 Å². The molecule has 6 heteroatoms. The van der Waals surface area contributed by atoms with Gasteiger partial charge in [0.1, 0.15) is 24.1 Å². The number of para-hydroxylation sites is 1. The van der Waals surface area contributed by atoms with Crippen LogP contribution in [-0.4, -0.2) is 38.9 Å². The Balaban J connectivity index is 1.58. The van der Waals surface area contributed by atoms with E-state index in [0.717, 1.165) is 37.4 Å². The van der Waals surface area contributed by atoms with E-state index in [2.05, 4.69) is 10.3 Å². The maximum Gasteiger partial charge on any atom is 0.247 e. The predicted molar refractivity (Wildman–Crippen MR) is 90.6 cm³/mol. The molecule has 128 valence electrons. The number of nitrogens with zero attached hydrogens (tertiary/aromatic N) is 4. The molecule has 6 nitrogen and oxygen atoms in total. The maximum absolute atomic E-state index is 12.6. The van der Waals surface area contributed by atoms with Crippen molar-refractivity contribution >= 4 is 5.91 Å². The summed E-state index contributed by atoms with van der Waals surface area (Å²) in [6, 6.07) is 9.26. The highest BCUT2D eigenvalue weighted by molar-refractivity contribution is 5.80. The molecule has 1 amide bonds. The number of amides is 1. The van der Waals surface area contributed by atoms with E-state index in [1.54, 1.807) is 10.9 Å². The third kappa shape index (κ3) is 4.13. The van der Waals surface area contributed by atoms with Crippen LogP contribution in [0.3, 0.4) is 0 Å². The molecule has 3 rings (SSSR count). The third-order valence-electron chi connectivity index (χ3n) is 4.36. The molecule has 1 aromatic heterocycles. The Kier molecular flexibility index (Phi) is 5.46. The van der Waals surface area contributed by atoms with Gasteiger partial charge in [0.2, 0.25) is 5.91 Å². The lowest BCUT2D eigenvalue weighted by atomic mass is 10.2. The van der Waals surface area contributed by atoms with Crippen LogP contribution >= 0.6 is 0 Å². The SMILES string of the molecule is C[C@H](C(=O)N1CCCCCC1)n1cc(COc2ccccc2)nn1. The van der Waals surface area contributed by atoms with Crippen LogP contribution < -0.4 is 4.74 Å². The van der Waals surface area contributed by atoms with Crippen molar-refractivity contribution in [2.24, 2.45) is 0 Å². The summed E-state index contributed by atoms with van der Waals surface area (Å²) in [5.41, 5.74) is 0.717. The average molecular weight is 328 g/mol. The number of rotatable bonds is 5. The molecule has 2 heterocycles. The zero-order chi connectivity index (χ0) is 16.8. The van der Waals surface area contributed by atoms with Gasteiger partial charge in [-0.1, -0.05) is 36.3 Å². The van der Waals surface area contributed by atoms with Crippen LogP contribution in [0.4, 0.5) is 0 Å². The van der Waals surface area contributed by atoms with E-state index < -0.39 is 0 Å². The van der Waals surface area contributed by atoms with E-state index in [1.165, 1.54) is 12.8 Å². The second kappa shape index (κ2) is 7.95. The summed E-state index contributed by atoms with van der Waals surface area (Å²) in [4.78, 5) is 14.6. The Bertz CT molecular complexity index is 648. The van der Waals surface area contributed by atoms with Crippen LogP contribution in [0.5, 0.6) is 5.75 Å². The molecule has 1 saturated heterocycles.